The number of aliphatic carboxylic acids is 1. The number of hydrogen-bond acceptors (Lipinski definition) is 4. The zero-order chi connectivity index (χ0) is 12.7. The van der Waals surface area contributed by atoms with Crippen LogP contribution >= 0.6 is 0 Å². The van der Waals surface area contributed by atoms with Crippen molar-refractivity contribution in [2.45, 2.75) is 38.5 Å². The Kier molecular flexibility index (Phi) is 3.25. The third-order valence-corrected chi connectivity index (χ3v) is 3.14. The van der Waals surface area contributed by atoms with E-state index in [4.69, 9.17) is 5.11 Å². The lowest BCUT2D eigenvalue weighted by Gasteiger charge is -2.35. The number of amides is 1. The maximum Gasteiger partial charge on any atom is 0.334 e. The predicted molar refractivity (Wildman–Crippen MR) is 54.5 cm³/mol. The number of hydrogen-bond donors (Lipinski definition) is 4. The van der Waals surface area contributed by atoms with E-state index in [1.165, 1.54) is 6.92 Å². The molecule has 6 heteroatoms. The molecule has 4 atom stereocenters. The quantitative estimate of drug-likeness (QED) is 0.496. The Morgan fingerprint density at radius 1 is 1.50 bits per heavy atom. The summed E-state index contributed by atoms with van der Waals surface area (Å²) in [6.07, 6.45) is -2.77. The summed E-state index contributed by atoms with van der Waals surface area (Å²) in [6.45, 7) is 4.67. The molecule has 1 aliphatic rings. The average molecular weight is 231 g/mol. The molecule has 1 rings (SSSR count). The van der Waals surface area contributed by atoms with Gasteiger partial charge in [0.2, 0.25) is 5.91 Å². The predicted octanol–water partition coefficient (Wildman–Crippen LogP) is -1.05. The molecule has 1 unspecified atom stereocenters. The molecule has 0 radical (unpaired) electrons. The highest BCUT2D eigenvalue weighted by Crippen LogP contribution is 2.32. The van der Waals surface area contributed by atoms with E-state index in [0.717, 1.165) is 0 Å². The van der Waals surface area contributed by atoms with Gasteiger partial charge in [-0.25, -0.2) is 4.79 Å². The third-order valence-electron chi connectivity index (χ3n) is 3.14. The van der Waals surface area contributed by atoms with Crippen LogP contribution in [0.2, 0.25) is 0 Å². The van der Waals surface area contributed by atoms with Gasteiger partial charge in [0, 0.05) is 0 Å². The van der Waals surface area contributed by atoms with Gasteiger partial charge in [-0.2, -0.15) is 0 Å². The lowest BCUT2D eigenvalue weighted by molar-refractivity contribution is -0.158. The van der Waals surface area contributed by atoms with E-state index in [0.29, 0.717) is 0 Å². The van der Waals surface area contributed by atoms with Crippen molar-refractivity contribution in [3.63, 3.8) is 0 Å². The largest absolute Gasteiger partial charge is 0.479 e. The van der Waals surface area contributed by atoms with Crippen LogP contribution in [0.5, 0.6) is 0 Å². The zero-order valence-corrected chi connectivity index (χ0v) is 9.47. The minimum atomic E-state index is -2.00. The van der Waals surface area contributed by atoms with E-state index < -0.39 is 41.5 Å². The second-order valence-corrected chi connectivity index (χ2v) is 4.59. The molecule has 0 saturated carbocycles. The van der Waals surface area contributed by atoms with Gasteiger partial charge in [-0.05, 0) is 5.92 Å². The number of nitrogens with one attached hydrogen (secondary N) is 1. The van der Waals surface area contributed by atoms with Crippen LogP contribution in [0.25, 0.3) is 0 Å². The number of aliphatic hydroxyl groups is 2. The molecule has 1 heterocycles. The van der Waals surface area contributed by atoms with Gasteiger partial charge in [-0.15, -0.1) is 0 Å². The Morgan fingerprint density at radius 3 is 2.25 bits per heavy atom. The number of carbonyl (C=O) groups excluding carboxylic acids is 1. The van der Waals surface area contributed by atoms with Crippen LogP contribution in [0.15, 0.2) is 0 Å². The lowest BCUT2D eigenvalue weighted by Crippen LogP contribution is -2.65. The molecule has 0 aromatic carbocycles. The lowest BCUT2D eigenvalue weighted by atomic mass is 9.80. The molecule has 1 aliphatic heterocycles. The van der Waals surface area contributed by atoms with Crippen LogP contribution in [-0.2, 0) is 9.59 Å². The summed E-state index contributed by atoms with van der Waals surface area (Å²) in [5.41, 5.74) is -2.00. The van der Waals surface area contributed by atoms with Crippen LogP contribution in [0.3, 0.4) is 0 Å². The molecule has 1 saturated heterocycles. The highest BCUT2D eigenvalue weighted by molar-refractivity contribution is 5.94. The molecular weight excluding hydrogens is 214 g/mol. The first-order chi connectivity index (χ1) is 7.25. The summed E-state index contributed by atoms with van der Waals surface area (Å²) >= 11 is 0. The highest BCUT2D eigenvalue weighted by atomic mass is 16.4. The number of carboxylic acids is 1. The number of carbonyl (C=O) groups is 2. The molecule has 92 valence electrons. The fourth-order valence-electron chi connectivity index (χ4n) is 2.01. The van der Waals surface area contributed by atoms with Crippen molar-refractivity contribution in [2.75, 3.05) is 0 Å². The van der Waals surface area contributed by atoms with Gasteiger partial charge in [-0.3, -0.25) is 4.79 Å². The molecule has 0 aromatic rings. The van der Waals surface area contributed by atoms with Crippen LogP contribution < -0.4 is 5.32 Å². The van der Waals surface area contributed by atoms with Crippen molar-refractivity contribution < 1.29 is 24.9 Å². The molecule has 16 heavy (non-hydrogen) atoms. The van der Waals surface area contributed by atoms with Gasteiger partial charge < -0.3 is 20.6 Å². The summed E-state index contributed by atoms with van der Waals surface area (Å²) in [5, 5.41) is 31.1. The summed E-state index contributed by atoms with van der Waals surface area (Å²) in [5.74, 6) is -3.21. The Labute approximate surface area is 93.3 Å². The van der Waals surface area contributed by atoms with Crippen molar-refractivity contribution in [3.05, 3.63) is 0 Å². The number of carboxylic acid groups (broad SMARTS) is 1. The first-order valence-electron chi connectivity index (χ1n) is 5.16. The van der Waals surface area contributed by atoms with Crippen molar-refractivity contribution in [1.29, 1.82) is 0 Å². The van der Waals surface area contributed by atoms with Crippen LogP contribution in [-0.4, -0.2) is 44.9 Å². The van der Waals surface area contributed by atoms with E-state index >= 15 is 0 Å². The van der Waals surface area contributed by atoms with E-state index in [1.54, 1.807) is 13.8 Å². The normalized spacial score (nSPS) is 36.2. The summed E-state index contributed by atoms with van der Waals surface area (Å²) in [4.78, 5) is 22.6. The van der Waals surface area contributed by atoms with Crippen molar-refractivity contribution in [2.24, 2.45) is 11.8 Å². The molecule has 0 aliphatic carbocycles. The molecule has 0 spiro atoms. The summed E-state index contributed by atoms with van der Waals surface area (Å²) < 4.78 is 0. The van der Waals surface area contributed by atoms with Crippen LogP contribution in [0, 0.1) is 11.8 Å². The zero-order valence-electron chi connectivity index (χ0n) is 9.47. The van der Waals surface area contributed by atoms with Gasteiger partial charge in [0.1, 0.15) is 6.10 Å². The second-order valence-electron chi connectivity index (χ2n) is 4.59. The van der Waals surface area contributed by atoms with Crippen molar-refractivity contribution in [1.82, 2.24) is 5.32 Å². The van der Waals surface area contributed by atoms with Crippen LogP contribution in [0.4, 0.5) is 0 Å². The second kappa shape index (κ2) is 4.03. The summed E-state index contributed by atoms with van der Waals surface area (Å²) in [6, 6.07) is 0. The topological polar surface area (TPSA) is 107 Å². The fraction of sp³-hybridized carbons (Fsp3) is 0.800. The Bertz CT molecular complexity index is 316. The minimum absolute atomic E-state index is 0.392. The third kappa shape index (κ3) is 1.58. The van der Waals surface area contributed by atoms with E-state index in [-0.39, 0.29) is 0 Å². The van der Waals surface area contributed by atoms with E-state index in [1.807, 2.05) is 0 Å². The van der Waals surface area contributed by atoms with Gasteiger partial charge in [0.25, 0.3) is 0 Å². The highest BCUT2D eigenvalue weighted by Gasteiger charge is 2.61. The van der Waals surface area contributed by atoms with Gasteiger partial charge in [0.15, 0.2) is 5.54 Å². The van der Waals surface area contributed by atoms with E-state index in [2.05, 4.69) is 5.32 Å². The number of rotatable bonds is 3. The first-order valence-corrected chi connectivity index (χ1v) is 5.16. The Balaban J connectivity index is 3.18. The molecular formula is C10H17NO5. The maximum absolute atomic E-state index is 11.4. The average Bonchev–Trinajstić information content (AvgIpc) is 2.42. The SMILES string of the molecule is CC(C)[C@H](O)C1(C(=O)O)NC(=O)[C@H](C)[C@@H]1O. The van der Waals surface area contributed by atoms with Crippen molar-refractivity contribution in [3.8, 4) is 0 Å². The molecule has 0 aromatic heterocycles. The summed E-state index contributed by atoms with van der Waals surface area (Å²) in [7, 11) is 0. The standard InChI is InChI=1S/C10H17NO5/c1-4(2)6(12)10(9(15)16)7(13)5(3)8(14)11-10/h4-7,12-13H,1-3H3,(H,11,14)(H,15,16)/t5-,6+,7+,10?/m1/s1. The molecule has 6 nitrogen and oxygen atoms in total. The monoisotopic (exact) mass is 231 g/mol. The molecule has 4 N–H and O–H groups in total. The van der Waals surface area contributed by atoms with Gasteiger partial charge in [0.05, 0.1) is 12.0 Å². The first kappa shape index (κ1) is 12.9. The molecule has 0 bridgehead atoms. The van der Waals surface area contributed by atoms with Gasteiger partial charge in [-0.1, -0.05) is 20.8 Å². The van der Waals surface area contributed by atoms with Gasteiger partial charge >= 0.3 is 5.97 Å². The van der Waals surface area contributed by atoms with Crippen LogP contribution in [0.1, 0.15) is 20.8 Å². The number of aliphatic hydroxyl groups excluding tert-OH is 2. The molecule has 1 fully saturated rings. The Hall–Kier alpha value is -1.14. The minimum Gasteiger partial charge on any atom is -0.479 e. The van der Waals surface area contributed by atoms with E-state index in [9.17, 15) is 19.8 Å². The Morgan fingerprint density at radius 2 is 2.00 bits per heavy atom. The maximum atomic E-state index is 11.4. The fourth-order valence-corrected chi connectivity index (χ4v) is 2.01. The smallest absolute Gasteiger partial charge is 0.334 e. The molecule has 1 amide bonds. The van der Waals surface area contributed by atoms with Crippen molar-refractivity contribution >= 4 is 11.9 Å².